The van der Waals surface area contributed by atoms with Crippen molar-refractivity contribution in [2.75, 3.05) is 11.5 Å². The first-order valence-corrected chi connectivity index (χ1v) is 10.3. The molecule has 2 aromatic carbocycles. The number of carbonyl (C=O) groups excluding carboxylic acids is 2. The molecule has 30 heavy (non-hydrogen) atoms. The number of para-hydroxylation sites is 2. The standard InChI is InChI=1S/C24H25N3O3/c1-18-11-13-20-7-5-6-10-22(20)27(18)23(28)17-30-24(29)14-12-19-15-25-26(16-19)21-8-3-2-4-9-21/h2-10,15-16,18H,11-14,17H2,1H3. The lowest BCUT2D eigenvalue weighted by molar-refractivity contribution is -0.147. The third-order valence-electron chi connectivity index (χ3n) is 5.42. The quantitative estimate of drug-likeness (QED) is 0.589. The van der Waals surface area contributed by atoms with Crippen molar-refractivity contribution in [1.82, 2.24) is 9.78 Å². The van der Waals surface area contributed by atoms with Crippen LogP contribution in [-0.4, -0.2) is 34.3 Å². The first kappa shape index (κ1) is 19.9. The highest BCUT2D eigenvalue weighted by molar-refractivity contribution is 5.96. The van der Waals surface area contributed by atoms with Crippen LogP contribution >= 0.6 is 0 Å². The van der Waals surface area contributed by atoms with Gasteiger partial charge in [-0.3, -0.25) is 9.59 Å². The van der Waals surface area contributed by atoms with Crippen molar-refractivity contribution in [3.8, 4) is 5.69 Å². The van der Waals surface area contributed by atoms with Gasteiger partial charge in [-0.05, 0) is 55.5 Å². The number of nitrogens with zero attached hydrogens (tertiary/aromatic N) is 3. The van der Waals surface area contributed by atoms with Crippen LogP contribution in [0, 0.1) is 0 Å². The molecule has 1 aliphatic heterocycles. The van der Waals surface area contributed by atoms with Crippen molar-refractivity contribution in [3.05, 3.63) is 78.1 Å². The predicted molar refractivity (Wildman–Crippen MR) is 115 cm³/mol. The molecule has 2 heterocycles. The maximum absolute atomic E-state index is 12.7. The lowest BCUT2D eigenvalue weighted by atomic mass is 9.96. The summed E-state index contributed by atoms with van der Waals surface area (Å²) in [6.07, 6.45) is 6.24. The first-order chi connectivity index (χ1) is 14.6. The molecule has 0 aliphatic carbocycles. The monoisotopic (exact) mass is 403 g/mol. The van der Waals surface area contributed by atoms with Crippen LogP contribution in [0.5, 0.6) is 0 Å². The van der Waals surface area contributed by atoms with E-state index in [2.05, 4.69) is 5.10 Å². The fourth-order valence-electron chi connectivity index (χ4n) is 3.81. The van der Waals surface area contributed by atoms with Crippen LogP contribution in [0.15, 0.2) is 67.0 Å². The fraction of sp³-hybridized carbons (Fsp3) is 0.292. The van der Waals surface area contributed by atoms with Crippen molar-refractivity contribution >= 4 is 17.6 Å². The Labute approximate surface area is 176 Å². The maximum atomic E-state index is 12.7. The highest BCUT2D eigenvalue weighted by Crippen LogP contribution is 2.30. The lowest BCUT2D eigenvalue weighted by Gasteiger charge is -2.35. The SMILES string of the molecule is CC1CCc2ccccc2N1C(=O)COC(=O)CCc1cnn(-c2ccccc2)c1. The summed E-state index contributed by atoms with van der Waals surface area (Å²) in [5, 5.41) is 4.33. The van der Waals surface area contributed by atoms with Gasteiger partial charge in [0.25, 0.3) is 5.91 Å². The zero-order chi connectivity index (χ0) is 20.9. The van der Waals surface area contributed by atoms with Gasteiger partial charge in [0.15, 0.2) is 6.61 Å². The molecular formula is C24H25N3O3. The molecule has 154 valence electrons. The topological polar surface area (TPSA) is 64.4 Å². The van der Waals surface area contributed by atoms with Crippen molar-refractivity contribution < 1.29 is 14.3 Å². The number of ether oxygens (including phenoxy) is 1. The Morgan fingerprint density at radius 2 is 1.87 bits per heavy atom. The van der Waals surface area contributed by atoms with Gasteiger partial charge < -0.3 is 9.64 Å². The van der Waals surface area contributed by atoms with E-state index in [0.29, 0.717) is 6.42 Å². The molecule has 1 unspecified atom stereocenters. The Morgan fingerprint density at radius 3 is 2.70 bits per heavy atom. The van der Waals surface area contributed by atoms with Gasteiger partial charge in [-0.25, -0.2) is 4.68 Å². The predicted octanol–water partition coefficient (Wildman–Crippen LogP) is 3.72. The number of hydrogen-bond acceptors (Lipinski definition) is 4. The van der Waals surface area contributed by atoms with Crippen LogP contribution in [0.2, 0.25) is 0 Å². The smallest absolute Gasteiger partial charge is 0.306 e. The van der Waals surface area contributed by atoms with E-state index >= 15 is 0 Å². The zero-order valence-electron chi connectivity index (χ0n) is 17.0. The summed E-state index contributed by atoms with van der Waals surface area (Å²) in [4.78, 5) is 26.7. The van der Waals surface area contributed by atoms with Gasteiger partial charge >= 0.3 is 5.97 Å². The van der Waals surface area contributed by atoms with Gasteiger partial charge in [-0.15, -0.1) is 0 Å². The Morgan fingerprint density at radius 1 is 1.10 bits per heavy atom. The minimum Gasteiger partial charge on any atom is -0.456 e. The summed E-state index contributed by atoms with van der Waals surface area (Å²) in [5.74, 6) is -0.561. The highest BCUT2D eigenvalue weighted by Gasteiger charge is 2.28. The molecule has 0 saturated heterocycles. The Balaban J connectivity index is 1.29. The molecule has 4 rings (SSSR count). The van der Waals surface area contributed by atoms with E-state index in [4.69, 9.17) is 4.74 Å². The number of esters is 1. The summed E-state index contributed by atoms with van der Waals surface area (Å²) in [6.45, 7) is 1.79. The molecule has 0 radical (unpaired) electrons. The number of carbonyl (C=O) groups is 2. The average Bonchev–Trinajstić information content (AvgIpc) is 3.26. The van der Waals surface area contributed by atoms with E-state index in [0.717, 1.165) is 35.3 Å². The Kier molecular flexibility index (Phi) is 5.93. The zero-order valence-corrected chi connectivity index (χ0v) is 17.0. The lowest BCUT2D eigenvalue weighted by Crippen LogP contribution is -2.44. The normalized spacial score (nSPS) is 15.5. The van der Waals surface area contributed by atoms with Crippen molar-refractivity contribution in [3.63, 3.8) is 0 Å². The molecule has 1 aliphatic rings. The van der Waals surface area contributed by atoms with Crippen LogP contribution in [-0.2, 0) is 27.2 Å². The molecule has 0 saturated carbocycles. The molecule has 0 N–H and O–H groups in total. The van der Waals surface area contributed by atoms with E-state index < -0.39 is 0 Å². The molecule has 6 nitrogen and oxygen atoms in total. The molecular weight excluding hydrogens is 378 g/mol. The summed E-state index contributed by atoms with van der Waals surface area (Å²) >= 11 is 0. The van der Waals surface area contributed by atoms with Crippen LogP contribution in [0.3, 0.4) is 0 Å². The van der Waals surface area contributed by atoms with Crippen molar-refractivity contribution in [1.29, 1.82) is 0 Å². The second-order valence-electron chi connectivity index (χ2n) is 7.57. The van der Waals surface area contributed by atoms with Gasteiger partial charge in [-0.1, -0.05) is 36.4 Å². The van der Waals surface area contributed by atoms with E-state index in [1.165, 1.54) is 0 Å². The number of aromatic nitrogens is 2. The number of hydrogen-bond donors (Lipinski definition) is 0. The van der Waals surface area contributed by atoms with Gasteiger partial charge in [0, 0.05) is 24.3 Å². The molecule has 0 bridgehead atoms. The molecule has 0 spiro atoms. The van der Waals surface area contributed by atoms with Crippen molar-refractivity contribution in [2.24, 2.45) is 0 Å². The van der Waals surface area contributed by atoms with E-state index in [-0.39, 0.29) is 30.9 Å². The summed E-state index contributed by atoms with van der Waals surface area (Å²) < 4.78 is 7.05. The van der Waals surface area contributed by atoms with E-state index in [9.17, 15) is 9.59 Å². The minimum absolute atomic E-state index is 0.0925. The third kappa shape index (κ3) is 4.43. The van der Waals surface area contributed by atoms with Gasteiger partial charge in [0.05, 0.1) is 11.9 Å². The molecule has 6 heteroatoms. The second kappa shape index (κ2) is 8.95. The molecule has 3 aromatic rings. The van der Waals surface area contributed by atoms with Gasteiger partial charge in [-0.2, -0.15) is 5.10 Å². The Hall–Kier alpha value is -3.41. The number of amides is 1. The number of benzene rings is 2. The van der Waals surface area contributed by atoms with Gasteiger partial charge in [0.1, 0.15) is 0 Å². The first-order valence-electron chi connectivity index (χ1n) is 10.3. The number of anilines is 1. The molecule has 0 fully saturated rings. The van der Waals surface area contributed by atoms with Crippen LogP contribution in [0.4, 0.5) is 5.69 Å². The highest BCUT2D eigenvalue weighted by atomic mass is 16.5. The largest absolute Gasteiger partial charge is 0.456 e. The molecule has 1 aromatic heterocycles. The Bertz CT molecular complexity index is 1030. The van der Waals surface area contributed by atoms with Crippen LogP contribution in [0.1, 0.15) is 30.9 Å². The summed E-state index contributed by atoms with van der Waals surface area (Å²) in [7, 11) is 0. The van der Waals surface area contributed by atoms with Gasteiger partial charge in [0.2, 0.25) is 0 Å². The van der Waals surface area contributed by atoms with E-state index in [1.54, 1.807) is 15.8 Å². The molecule has 1 atom stereocenters. The maximum Gasteiger partial charge on any atom is 0.306 e. The number of rotatable bonds is 6. The van der Waals surface area contributed by atoms with E-state index in [1.807, 2.05) is 67.7 Å². The second-order valence-corrected chi connectivity index (χ2v) is 7.57. The van der Waals surface area contributed by atoms with Crippen molar-refractivity contribution in [2.45, 2.75) is 38.6 Å². The minimum atomic E-state index is -0.381. The molecule has 1 amide bonds. The third-order valence-corrected chi connectivity index (χ3v) is 5.42. The van der Waals surface area contributed by atoms with Crippen LogP contribution in [0.25, 0.3) is 5.69 Å². The average molecular weight is 403 g/mol. The summed E-state index contributed by atoms with van der Waals surface area (Å²) in [5.41, 5.74) is 3.99. The fourth-order valence-corrected chi connectivity index (χ4v) is 3.81. The van der Waals surface area contributed by atoms with Crippen LogP contribution < -0.4 is 4.90 Å². The number of aryl methyl sites for hydroxylation is 2. The number of fused-ring (bicyclic) bond motifs is 1. The summed E-state index contributed by atoms with van der Waals surface area (Å²) in [6, 6.07) is 17.8.